The SMILES string of the molecule is CC(C)Oc1ccc(I)cc1C#N. The summed E-state index contributed by atoms with van der Waals surface area (Å²) in [6.07, 6.45) is 0.104. The van der Waals surface area contributed by atoms with Crippen molar-refractivity contribution in [1.29, 1.82) is 5.26 Å². The third-order valence-corrected chi connectivity index (χ3v) is 2.10. The number of nitriles is 1. The van der Waals surface area contributed by atoms with Crippen LogP contribution in [0.3, 0.4) is 0 Å². The second kappa shape index (κ2) is 4.47. The van der Waals surface area contributed by atoms with E-state index in [2.05, 4.69) is 28.7 Å². The monoisotopic (exact) mass is 287 g/mol. The van der Waals surface area contributed by atoms with Crippen LogP contribution in [0, 0.1) is 14.9 Å². The smallest absolute Gasteiger partial charge is 0.137 e. The summed E-state index contributed by atoms with van der Waals surface area (Å²) in [6.45, 7) is 3.89. The second-order valence-electron chi connectivity index (χ2n) is 2.92. The first-order valence-electron chi connectivity index (χ1n) is 4.00. The zero-order valence-corrected chi connectivity index (χ0v) is 9.70. The fourth-order valence-electron chi connectivity index (χ4n) is 0.946. The zero-order chi connectivity index (χ0) is 9.84. The maximum Gasteiger partial charge on any atom is 0.137 e. The molecule has 0 heterocycles. The molecule has 0 radical (unpaired) electrons. The molecular formula is C10H10INO. The number of rotatable bonds is 2. The highest BCUT2D eigenvalue weighted by Gasteiger charge is 2.04. The van der Waals surface area contributed by atoms with Gasteiger partial charge in [0.25, 0.3) is 0 Å². The van der Waals surface area contributed by atoms with Crippen molar-refractivity contribution in [3.63, 3.8) is 0 Å². The van der Waals surface area contributed by atoms with Gasteiger partial charge in [0.2, 0.25) is 0 Å². The number of hydrogen-bond acceptors (Lipinski definition) is 2. The minimum absolute atomic E-state index is 0.104. The predicted molar refractivity (Wildman–Crippen MR) is 59.6 cm³/mol. The van der Waals surface area contributed by atoms with Gasteiger partial charge in [-0.2, -0.15) is 5.26 Å². The van der Waals surface area contributed by atoms with Gasteiger partial charge in [-0.25, -0.2) is 0 Å². The fourth-order valence-corrected chi connectivity index (χ4v) is 1.44. The van der Waals surface area contributed by atoms with Crippen molar-refractivity contribution >= 4 is 22.6 Å². The Kier molecular flexibility index (Phi) is 3.55. The van der Waals surface area contributed by atoms with Crippen LogP contribution < -0.4 is 4.74 Å². The summed E-state index contributed by atoms with van der Waals surface area (Å²) in [5.74, 6) is 0.665. The first-order valence-corrected chi connectivity index (χ1v) is 5.07. The number of benzene rings is 1. The predicted octanol–water partition coefficient (Wildman–Crippen LogP) is 2.95. The van der Waals surface area contributed by atoms with E-state index in [1.165, 1.54) is 0 Å². The Hall–Kier alpha value is -0.760. The van der Waals surface area contributed by atoms with Gasteiger partial charge in [0.1, 0.15) is 11.8 Å². The number of ether oxygens (including phenoxy) is 1. The lowest BCUT2D eigenvalue weighted by Crippen LogP contribution is -2.06. The van der Waals surface area contributed by atoms with Crippen molar-refractivity contribution in [1.82, 2.24) is 0 Å². The normalized spacial score (nSPS) is 9.77. The first kappa shape index (κ1) is 10.3. The van der Waals surface area contributed by atoms with Crippen molar-refractivity contribution in [3.8, 4) is 11.8 Å². The molecule has 13 heavy (non-hydrogen) atoms. The highest BCUT2D eigenvalue weighted by molar-refractivity contribution is 14.1. The van der Waals surface area contributed by atoms with Gasteiger partial charge in [-0.15, -0.1) is 0 Å². The van der Waals surface area contributed by atoms with Gasteiger partial charge in [0.05, 0.1) is 11.7 Å². The summed E-state index contributed by atoms with van der Waals surface area (Å²) in [7, 11) is 0. The second-order valence-corrected chi connectivity index (χ2v) is 4.16. The molecule has 0 unspecified atom stereocenters. The third-order valence-electron chi connectivity index (χ3n) is 1.42. The van der Waals surface area contributed by atoms with Gasteiger partial charge in [-0.1, -0.05) is 0 Å². The van der Waals surface area contributed by atoms with Crippen LogP contribution in [0.5, 0.6) is 5.75 Å². The lowest BCUT2D eigenvalue weighted by molar-refractivity contribution is 0.241. The molecule has 1 rings (SSSR count). The zero-order valence-electron chi connectivity index (χ0n) is 7.54. The van der Waals surface area contributed by atoms with E-state index >= 15 is 0 Å². The van der Waals surface area contributed by atoms with Gasteiger partial charge in [0.15, 0.2) is 0 Å². The van der Waals surface area contributed by atoms with Crippen LogP contribution in [-0.2, 0) is 0 Å². The van der Waals surface area contributed by atoms with Crippen LogP contribution in [-0.4, -0.2) is 6.10 Å². The molecular weight excluding hydrogens is 277 g/mol. The number of hydrogen-bond donors (Lipinski definition) is 0. The fraction of sp³-hybridized carbons (Fsp3) is 0.300. The maximum absolute atomic E-state index is 8.82. The Bertz CT molecular complexity index is 341. The summed E-state index contributed by atoms with van der Waals surface area (Å²) in [5, 5.41) is 8.82. The molecule has 1 aromatic carbocycles. The van der Waals surface area contributed by atoms with Crippen LogP contribution >= 0.6 is 22.6 Å². The summed E-state index contributed by atoms with van der Waals surface area (Å²) in [5.41, 5.74) is 0.598. The van der Waals surface area contributed by atoms with E-state index in [-0.39, 0.29) is 6.10 Å². The highest BCUT2D eigenvalue weighted by Crippen LogP contribution is 2.21. The largest absolute Gasteiger partial charge is 0.490 e. The van der Waals surface area contributed by atoms with Gasteiger partial charge in [-0.05, 0) is 54.6 Å². The van der Waals surface area contributed by atoms with E-state index in [1.54, 1.807) is 0 Å². The summed E-state index contributed by atoms with van der Waals surface area (Å²) in [4.78, 5) is 0. The Morgan fingerprint density at radius 3 is 2.69 bits per heavy atom. The molecule has 68 valence electrons. The maximum atomic E-state index is 8.82. The van der Waals surface area contributed by atoms with E-state index in [4.69, 9.17) is 10.00 Å². The molecule has 2 nitrogen and oxygen atoms in total. The molecule has 0 aliphatic rings. The molecule has 0 fully saturated rings. The van der Waals surface area contributed by atoms with Gasteiger partial charge < -0.3 is 4.74 Å². The van der Waals surface area contributed by atoms with Gasteiger partial charge in [0, 0.05) is 3.57 Å². The Morgan fingerprint density at radius 1 is 1.46 bits per heavy atom. The molecule has 0 spiro atoms. The lowest BCUT2D eigenvalue weighted by Gasteiger charge is -2.10. The van der Waals surface area contributed by atoms with Gasteiger partial charge in [-0.3, -0.25) is 0 Å². The molecule has 0 bridgehead atoms. The molecule has 0 aliphatic heterocycles. The van der Waals surface area contributed by atoms with Crippen LogP contribution in [0.1, 0.15) is 19.4 Å². The standard InChI is InChI=1S/C10H10INO/c1-7(2)13-10-4-3-9(11)5-8(10)6-12/h3-5,7H,1-2H3. The van der Waals surface area contributed by atoms with Crippen LogP contribution in [0.15, 0.2) is 18.2 Å². The molecule has 1 aromatic rings. The van der Waals surface area contributed by atoms with Crippen molar-refractivity contribution in [2.75, 3.05) is 0 Å². The molecule has 0 aromatic heterocycles. The average molecular weight is 287 g/mol. The topological polar surface area (TPSA) is 33.0 Å². The van der Waals surface area contributed by atoms with E-state index < -0.39 is 0 Å². The van der Waals surface area contributed by atoms with Crippen molar-refractivity contribution in [2.45, 2.75) is 20.0 Å². The molecule has 0 saturated heterocycles. The van der Waals surface area contributed by atoms with Gasteiger partial charge >= 0.3 is 0 Å². The summed E-state index contributed by atoms with van der Waals surface area (Å²) < 4.78 is 6.51. The van der Waals surface area contributed by atoms with Crippen molar-refractivity contribution in [2.24, 2.45) is 0 Å². The Balaban J connectivity index is 3.01. The molecule has 0 N–H and O–H groups in total. The quantitative estimate of drug-likeness (QED) is 0.783. The van der Waals surface area contributed by atoms with E-state index in [0.717, 1.165) is 3.57 Å². The lowest BCUT2D eigenvalue weighted by atomic mass is 10.2. The molecule has 3 heteroatoms. The minimum atomic E-state index is 0.104. The average Bonchev–Trinajstić information content (AvgIpc) is 2.07. The van der Waals surface area contributed by atoms with E-state index in [9.17, 15) is 0 Å². The van der Waals surface area contributed by atoms with Crippen LogP contribution in [0.4, 0.5) is 0 Å². The number of halogens is 1. The molecule has 0 atom stereocenters. The first-order chi connectivity index (χ1) is 6.13. The van der Waals surface area contributed by atoms with Crippen LogP contribution in [0.2, 0.25) is 0 Å². The molecule has 0 aliphatic carbocycles. The number of nitrogens with zero attached hydrogens (tertiary/aromatic N) is 1. The van der Waals surface area contributed by atoms with E-state index in [0.29, 0.717) is 11.3 Å². The van der Waals surface area contributed by atoms with Crippen molar-refractivity contribution < 1.29 is 4.74 Å². The molecule has 0 amide bonds. The third kappa shape index (κ3) is 2.88. The summed E-state index contributed by atoms with van der Waals surface area (Å²) >= 11 is 2.17. The highest BCUT2D eigenvalue weighted by atomic mass is 127. The Labute approximate surface area is 91.7 Å². The van der Waals surface area contributed by atoms with E-state index in [1.807, 2.05) is 32.0 Å². The molecule has 0 saturated carbocycles. The Morgan fingerprint density at radius 2 is 2.15 bits per heavy atom. The van der Waals surface area contributed by atoms with Crippen LogP contribution in [0.25, 0.3) is 0 Å². The van der Waals surface area contributed by atoms with Crippen molar-refractivity contribution in [3.05, 3.63) is 27.3 Å². The summed E-state index contributed by atoms with van der Waals surface area (Å²) in [6, 6.07) is 7.69. The minimum Gasteiger partial charge on any atom is -0.490 e.